The van der Waals surface area contributed by atoms with Crippen molar-refractivity contribution in [3.63, 3.8) is 0 Å². The molecular weight excluding hydrogens is 407 g/mol. The van der Waals surface area contributed by atoms with E-state index in [9.17, 15) is 9.18 Å². The molecule has 5 nitrogen and oxygen atoms in total. The summed E-state index contributed by atoms with van der Waals surface area (Å²) in [5, 5.41) is 11.2. The van der Waals surface area contributed by atoms with Gasteiger partial charge >= 0.3 is 0 Å². The first kappa shape index (κ1) is 23.5. The van der Waals surface area contributed by atoms with Gasteiger partial charge in [0.25, 0.3) is 5.91 Å². The number of nitrogens with one attached hydrogen (secondary N) is 1. The number of amides is 1. The molecular formula is C26H39FN2O3. The van der Waals surface area contributed by atoms with Gasteiger partial charge in [-0.2, -0.15) is 0 Å². The van der Waals surface area contributed by atoms with Gasteiger partial charge in [-0.15, -0.1) is 0 Å². The molecule has 3 fully saturated rings. The van der Waals surface area contributed by atoms with Gasteiger partial charge in [-0.1, -0.05) is 12.8 Å². The first-order chi connectivity index (χ1) is 15.6. The molecule has 1 aromatic rings. The number of ether oxygens (including phenoxy) is 1. The average Bonchev–Trinajstić information content (AvgIpc) is 3.28. The third-order valence-electron chi connectivity index (χ3n) is 7.96. The number of nitrogens with zero attached hydrogens (tertiary/aromatic N) is 1. The minimum absolute atomic E-state index is 0.0279. The van der Waals surface area contributed by atoms with E-state index in [1.807, 2.05) is 0 Å². The number of rotatable bonds is 10. The lowest BCUT2D eigenvalue weighted by Crippen LogP contribution is -2.48. The average molecular weight is 447 g/mol. The van der Waals surface area contributed by atoms with Crippen molar-refractivity contribution >= 4 is 5.91 Å². The molecule has 178 valence electrons. The van der Waals surface area contributed by atoms with Crippen LogP contribution in [-0.2, 0) is 0 Å². The second-order valence-corrected chi connectivity index (χ2v) is 10.3. The number of aliphatic hydroxyl groups is 1. The van der Waals surface area contributed by atoms with Crippen LogP contribution in [0, 0.1) is 23.1 Å². The van der Waals surface area contributed by atoms with Crippen molar-refractivity contribution in [1.29, 1.82) is 0 Å². The highest BCUT2D eigenvalue weighted by atomic mass is 19.1. The number of piperidine rings is 1. The summed E-state index contributed by atoms with van der Waals surface area (Å²) in [6.07, 6.45) is 13.4. The molecule has 1 heterocycles. The zero-order chi connectivity index (χ0) is 22.4. The molecule has 1 spiro atoms. The number of carbonyl (C=O) groups is 1. The van der Waals surface area contributed by atoms with Crippen molar-refractivity contribution in [3.05, 3.63) is 29.6 Å². The molecule has 6 heteroatoms. The van der Waals surface area contributed by atoms with E-state index < -0.39 is 11.7 Å². The van der Waals surface area contributed by atoms with Gasteiger partial charge in [0.15, 0.2) is 0 Å². The third kappa shape index (κ3) is 6.02. The Morgan fingerprint density at radius 1 is 1.19 bits per heavy atom. The van der Waals surface area contributed by atoms with Crippen LogP contribution in [0.5, 0.6) is 5.75 Å². The third-order valence-corrected chi connectivity index (χ3v) is 7.96. The smallest absolute Gasteiger partial charge is 0.254 e. The SMILES string of the molecule is O=C(NCCO)c1ccc(OCCCC2CC3(CCN(CC4CCCC4)CC3)C2)cc1F. The Labute approximate surface area is 191 Å². The van der Waals surface area contributed by atoms with Crippen molar-refractivity contribution in [2.24, 2.45) is 17.3 Å². The van der Waals surface area contributed by atoms with Gasteiger partial charge in [0, 0.05) is 19.2 Å². The summed E-state index contributed by atoms with van der Waals surface area (Å²) in [7, 11) is 0. The molecule has 4 rings (SSSR count). The number of aliphatic hydroxyl groups excluding tert-OH is 1. The van der Waals surface area contributed by atoms with Gasteiger partial charge in [0.05, 0.1) is 18.8 Å². The fraction of sp³-hybridized carbons (Fsp3) is 0.731. The standard InChI is InChI=1S/C26H39FN2O3/c27-24-16-22(7-8-23(24)25(31)28-11-14-30)32-15-3-6-21-17-26(18-21)9-12-29(13-10-26)19-20-4-1-2-5-20/h7-8,16,20-21,30H,1-6,9-15,17-19H2,(H,28,31). The van der Waals surface area contributed by atoms with Gasteiger partial charge in [0.1, 0.15) is 11.6 Å². The van der Waals surface area contributed by atoms with Crippen molar-refractivity contribution in [2.45, 2.75) is 64.2 Å². The van der Waals surface area contributed by atoms with E-state index in [0.717, 1.165) is 18.3 Å². The Morgan fingerprint density at radius 2 is 1.94 bits per heavy atom. The molecule has 2 saturated carbocycles. The van der Waals surface area contributed by atoms with Gasteiger partial charge in [-0.3, -0.25) is 4.79 Å². The largest absolute Gasteiger partial charge is 0.493 e. The molecule has 1 aliphatic heterocycles. The maximum absolute atomic E-state index is 14.2. The summed E-state index contributed by atoms with van der Waals surface area (Å²) in [5.74, 6) is 1.12. The highest BCUT2D eigenvalue weighted by molar-refractivity contribution is 5.94. The van der Waals surface area contributed by atoms with E-state index in [1.54, 1.807) is 6.07 Å². The van der Waals surface area contributed by atoms with Crippen LogP contribution >= 0.6 is 0 Å². The summed E-state index contributed by atoms with van der Waals surface area (Å²) >= 11 is 0. The molecule has 2 aliphatic carbocycles. The fourth-order valence-corrected chi connectivity index (χ4v) is 6.14. The number of halogens is 1. The second kappa shape index (κ2) is 11.0. The Morgan fingerprint density at radius 3 is 2.62 bits per heavy atom. The molecule has 1 amide bonds. The Balaban J connectivity index is 1.10. The van der Waals surface area contributed by atoms with E-state index in [-0.39, 0.29) is 18.7 Å². The number of benzene rings is 1. The van der Waals surface area contributed by atoms with Crippen molar-refractivity contribution in [1.82, 2.24) is 10.2 Å². The fourth-order valence-electron chi connectivity index (χ4n) is 6.14. The van der Waals surface area contributed by atoms with Crippen LogP contribution in [-0.4, -0.2) is 55.3 Å². The van der Waals surface area contributed by atoms with E-state index in [4.69, 9.17) is 9.84 Å². The molecule has 0 aromatic heterocycles. The summed E-state index contributed by atoms with van der Waals surface area (Å²) in [6.45, 7) is 4.45. The number of hydrogen-bond donors (Lipinski definition) is 2. The minimum Gasteiger partial charge on any atom is -0.493 e. The van der Waals surface area contributed by atoms with Crippen LogP contribution < -0.4 is 10.1 Å². The van der Waals surface area contributed by atoms with Gasteiger partial charge in [-0.25, -0.2) is 4.39 Å². The summed E-state index contributed by atoms with van der Waals surface area (Å²) in [5.41, 5.74) is 0.590. The molecule has 1 saturated heterocycles. The maximum Gasteiger partial charge on any atom is 0.254 e. The molecule has 32 heavy (non-hydrogen) atoms. The van der Waals surface area contributed by atoms with Crippen molar-refractivity contribution < 1.29 is 19.0 Å². The van der Waals surface area contributed by atoms with Gasteiger partial charge < -0.3 is 20.1 Å². The van der Waals surface area contributed by atoms with Crippen LogP contribution in [0.2, 0.25) is 0 Å². The Kier molecular flexibility index (Phi) is 8.06. The first-order valence-electron chi connectivity index (χ1n) is 12.6. The topological polar surface area (TPSA) is 61.8 Å². The quantitative estimate of drug-likeness (QED) is 0.524. The lowest BCUT2D eigenvalue weighted by atomic mass is 9.56. The predicted octanol–water partition coefficient (Wildman–Crippen LogP) is 4.39. The molecule has 0 atom stereocenters. The Hall–Kier alpha value is -1.66. The molecule has 2 N–H and O–H groups in total. The molecule has 0 radical (unpaired) electrons. The zero-order valence-electron chi connectivity index (χ0n) is 19.3. The predicted molar refractivity (Wildman–Crippen MR) is 123 cm³/mol. The van der Waals surface area contributed by atoms with Crippen LogP contribution in [0.1, 0.15) is 74.6 Å². The lowest BCUT2D eigenvalue weighted by molar-refractivity contribution is -0.0206. The van der Waals surface area contributed by atoms with Crippen molar-refractivity contribution in [3.8, 4) is 5.75 Å². The van der Waals surface area contributed by atoms with Gasteiger partial charge in [0.2, 0.25) is 0 Å². The van der Waals surface area contributed by atoms with E-state index >= 15 is 0 Å². The minimum atomic E-state index is -0.599. The summed E-state index contributed by atoms with van der Waals surface area (Å²) < 4.78 is 19.9. The monoisotopic (exact) mass is 446 g/mol. The summed E-state index contributed by atoms with van der Waals surface area (Å²) in [6, 6.07) is 4.34. The second-order valence-electron chi connectivity index (χ2n) is 10.3. The van der Waals surface area contributed by atoms with E-state index in [0.29, 0.717) is 17.8 Å². The van der Waals surface area contributed by atoms with E-state index in [2.05, 4.69) is 10.2 Å². The number of likely N-dealkylation sites (tertiary alicyclic amines) is 1. The van der Waals surface area contributed by atoms with E-state index in [1.165, 1.54) is 89.6 Å². The highest BCUT2D eigenvalue weighted by Crippen LogP contribution is 2.54. The van der Waals surface area contributed by atoms with Crippen LogP contribution in [0.15, 0.2) is 18.2 Å². The van der Waals surface area contributed by atoms with Crippen molar-refractivity contribution in [2.75, 3.05) is 39.4 Å². The van der Waals surface area contributed by atoms with Crippen LogP contribution in [0.4, 0.5) is 4.39 Å². The van der Waals surface area contributed by atoms with Crippen LogP contribution in [0.25, 0.3) is 0 Å². The zero-order valence-corrected chi connectivity index (χ0v) is 19.3. The highest BCUT2D eigenvalue weighted by Gasteiger charge is 2.45. The molecule has 0 unspecified atom stereocenters. The number of carbonyl (C=O) groups excluding carboxylic acids is 1. The molecule has 0 bridgehead atoms. The lowest BCUT2D eigenvalue weighted by Gasteiger charge is -2.53. The maximum atomic E-state index is 14.2. The molecule has 3 aliphatic rings. The normalized spacial score (nSPS) is 21.6. The first-order valence-corrected chi connectivity index (χ1v) is 12.6. The van der Waals surface area contributed by atoms with Gasteiger partial charge in [-0.05, 0) is 93.8 Å². The van der Waals surface area contributed by atoms with Crippen LogP contribution in [0.3, 0.4) is 0 Å². The Bertz CT molecular complexity index is 749. The summed E-state index contributed by atoms with van der Waals surface area (Å²) in [4.78, 5) is 14.6. The molecule has 1 aromatic carbocycles. The number of hydrogen-bond acceptors (Lipinski definition) is 4.